The minimum absolute atomic E-state index is 0.0183. The molecule has 6 heteroatoms. The third kappa shape index (κ3) is 2.32. The second-order valence-corrected chi connectivity index (χ2v) is 6.08. The maximum atomic E-state index is 12.1. The van der Waals surface area contributed by atoms with Crippen molar-refractivity contribution in [2.75, 3.05) is 7.05 Å². The molecule has 2 rings (SSSR count). The minimum Gasteiger partial charge on any atom is -0.478 e. The first-order valence-corrected chi connectivity index (χ1v) is 6.68. The molecule has 0 radical (unpaired) electrons. The summed E-state index contributed by atoms with van der Waals surface area (Å²) in [7, 11) is -2.03. The number of hydrogen-bond acceptors (Lipinski definition) is 3. The minimum atomic E-state index is -3.56. The molecule has 1 saturated carbocycles. The van der Waals surface area contributed by atoms with Crippen LogP contribution in [0.1, 0.15) is 23.2 Å². The van der Waals surface area contributed by atoms with Crippen LogP contribution < -0.4 is 0 Å². The van der Waals surface area contributed by atoms with E-state index >= 15 is 0 Å². The molecule has 0 spiro atoms. The molecule has 1 fully saturated rings. The summed E-state index contributed by atoms with van der Waals surface area (Å²) in [5.41, 5.74) is -0.0183. The Balaban J connectivity index is 2.38. The molecule has 1 aromatic rings. The fourth-order valence-electron chi connectivity index (χ4n) is 1.59. The molecule has 5 nitrogen and oxygen atoms in total. The number of carboxylic acids is 1. The Hall–Kier alpha value is -1.40. The summed E-state index contributed by atoms with van der Waals surface area (Å²) in [6.45, 7) is 0. The number of carbonyl (C=O) groups is 1. The van der Waals surface area contributed by atoms with Crippen LogP contribution in [0, 0.1) is 0 Å². The number of hydrogen-bond donors (Lipinski definition) is 1. The molecular weight excluding hydrogens is 242 g/mol. The fourth-order valence-corrected chi connectivity index (χ4v) is 3.05. The summed E-state index contributed by atoms with van der Waals surface area (Å²) in [5.74, 6) is -1.13. The van der Waals surface area contributed by atoms with Gasteiger partial charge in [-0.3, -0.25) is 0 Å². The molecule has 1 aliphatic carbocycles. The summed E-state index contributed by atoms with van der Waals surface area (Å²) in [5, 5.41) is 8.83. The predicted molar refractivity (Wildman–Crippen MR) is 61.4 cm³/mol. The van der Waals surface area contributed by atoms with E-state index < -0.39 is 16.0 Å². The monoisotopic (exact) mass is 255 g/mol. The van der Waals surface area contributed by atoms with Crippen LogP contribution in [0.25, 0.3) is 0 Å². The lowest BCUT2D eigenvalue weighted by molar-refractivity contribution is 0.0696. The van der Waals surface area contributed by atoms with Crippen molar-refractivity contribution in [3.8, 4) is 0 Å². The van der Waals surface area contributed by atoms with Crippen LogP contribution in [-0.4, -0.2) is 36.9 Å². The summed E-state index contributed by atoms with van der Waals surface area (Å²) in [4.78, 5) is 10.8. The van der Waals surface area contributed by atoms with Gasteiger partial charge in [0.15, 0.2) is 0 Å². The Labute approximate surface area is 99.7 Å². The van der Waals surface area contributed by atoms with Crippen molar-refractivity contribution < 1.29 is 18.3 Å². The van der Waals surface area contributed by atoms with E-state index in [1.165, 1.54) is 35.6 Å². The number of nitrogens with zero attached hydrogens (tertiary/aromatic N) is 1. The van der Waals surface area contributed by atoms with E-state index in [-0.39, 0.29) is 16.5 Å². The molecular formula is C11H13NO4S. The molecule has 0 amide bonds. The SMILES string of the molecule is CN(C1CC1)S(=O)(=O)c1cccc(C(=O)O)c1. The zero-order chi connectivity index (χ0) is 12.6. The number of benzene rings is 1. The highest BCUT2D eigenvalue weighted by Gasteiger charge is 2.35. The smallest absolute Gasteiger partial charge is 0.335 e. The van der Waals surface area contributed by atoms with E-state index in [1.807, 2.05) is 0 Å². The highest BCUT2D eigenvalue weighted by atomic mass is 32.2. The first-order chi connectivity index (χ1) is 7.93. The Morgan fingerprint density at radius 1 is 1.41 bits per heavy atom. The predicted octanol–water partition coefficient (Wildman–Crippen LogP) is 1.17. The number of aromatic carboxylic acids is 1. The van der Waals surface area contributed by atoms with Crippen molar-refractivity contribution in [3.05, 3.63) is 29.8 Å². The van der Waals surface area contributed by atoms with Crippen LogP contribution in [0.5, 0.6) is 0 Å². The van der Waals surface area contributed by atoms with E-state index in [4.69, 9.17) is 5.11 Å². The highest BCUT2D eigenvalue weighted by Crippen LogP contribution is 2.30. The number of carboxylic acid groups (broad SMARTS) is 1. The van der Waals surface area contributed by atoms with E-state index in [1.54, 1.807) is 0 Å². The number of sulfonamides is 1. The molecule has 0 atom stereocenters. The fraction of sp³-hybridized carbons (Fsp3) is 0.364. The highest BCUT2D eigenvalue weighted by molar-refractivity contribution is 7.89. The van der Waals surface area contributed by atoms with Crippen molar-refractivity contribution in [2.45, 2.75) is 23.8 Å². The molecule has 0 heterocycles. The molecule has 1 aliphatic rings. The molecule has 0 aliphatic heterocycles. The maximum Gasteiger partial charge on any atom is 0.335 e. The van der Waals surface area contributed by atoms with Gasteiger partial charge in [0.1, 0.15) is 0 Å². The molecule has 1 aromatic carbocycles. The second kappa shape index (κ2) is 4.12. The first kappa shape index (κ1) is 12.1. The molecule has 92 valence electrons. The molecule has 17 heavy (non-hydrogen) atoms. The molecule has 0 unspecified atom stereocenters. The van der Waals surface area contributed by atoms with Gasteiger partial charge in [-0.15, -0.1) is 0 Å². The van der Waals surface area contributed by atoms with Gasteiger partial charge in [-0.1, -0.05) is 6.07 Å². The Kier molecular flexibility index (Phi) is 2.92. The Morgan fingerprint density at radius 3 is 2.59 bits per heavy atom. The van der Waals surface area contributed by atoms with Gasteiger partial charge >= 0.3 is 5.97 Å². The summed E-state index contributed by atoms with van der Waals surface area (Å²) < 4.78 is 25.6. The lowest BCUT2D eigenvalue weighted by Gasteiger charge is -2.16. The van der Waals surface area contributed by atoms with E-state index in [0.717, 1.165) is 12.8 Å². The van der Waals surface area contributed by atoms with Crippen LogP contribution in [0.4, 0.5) is 0 Å². The lowest BCUT2D eigenvalue weighted by Crippen LogP contribution is -2.29. The van der Waals surface area contributed by atoms with Gasteiger partial charge in [0.05, 0.1) is 10.5 Å². The van der Waals surface area contributed by atoms with Crippen LogP contribution in [0.2, 0.25) is 0 Å². The van der Waals surface area contributed by atoms with Crippen molar-refractivity contribution in [2.24, 2.45) is 0 Å². The molecule has 0 bridgehead atoms. The van der Waals surface area contributed by atoms with Crippen molar-refractivity contribution in [3.63, 3.8) is 0 Å². The van der Waals surface area contributed by atoms with Gasteiger partial charge in [0.2, 0.25) is 10.0 Å². The average Bonchev–Trinajstić information content (AvgIpc) is 3.12. The Bertz CT molecular complexity index is 548. The third-order valence-corrected chi connectivity index (χ3v) is 4.73. The standard InChI is InChI=1S/C11H13NO4S/c1-12(9-5-6-9)17(15,16)10-4-2-3-8(7-10)11(13)14/h2-4,7,9H,5-6H2,1H3,(H,13,14). The topological polar surface area (TPSA) is 74.7 Å². The first-order valence-electron chi connectivity index (χ1n) is 5.24. The normalized spacial score (nSPS) is 16.1. The second-order valence-electron chi connectivity index (χ2n) is 4.09. The van der Waals surface area contributed by atoms with Crippen LogP contribution in [0.15, 0.2) is 29.2 Å². The molecule has 1 N–H and O–H groups in total. The van der Waals surface area contributed by atoms with Crippen molar-refractivity contribution >= 4 is 16.0 Å². The zero-order valence-corrected chi connectivity index (χ0v) is 10.1. The van der Waals surface area contributed by atoms with Crippen LogP contribution in [-0.2, 0) is 10.0 Å². The van der Waals surface area contributed by atoms with Gasteiger partial charge in [0.25, 0.3) is 0 Å². The van der Waals surface area contributed by atoms with Crippen molar-refractivity contribution in [1.29, 1.82) is 0 Å². The van der Waals surface area contributed by atoms with Crippen molar-refractivity contribution in [1.82, 2.24) is 4.31 Å². The van der Waals surface area contributed by atoms with E-state index in [0.29, 0.717) is 0 Å². The van der Waals surface area contributed by atoms with Gasteiger partial charge in [-0.25, -0.2) is 13.2 Å². The third-order valence-electron chi connectivity index (χ3n) is 2.82. The summed E-state index contributed by atoms with van der Waals surface area (Å²) in [6, 6.07) is 5.49. The molecule has 0 saturated heterocycles. The van der Waals surface area contributed by atoms with Crippen LogP contribution >= 0.6 is 0 Å². The van der Waals surface area contributed by atoms with Crippen LogP contribution in [0.3, 0.4) is 0 Å². The quantitative estimate of drug-likeness (QED) is 0.876. The van der Waals surface area contributed by atoms with E-state index in [2.05, 4.69) is 0 Å². The molecule has 0 aromatic heterocycles. The van der Waals surface area contributed by atoms with Gasteiger partial charge in [-0.05, 0) is 31.0 Å². The lowest BCUT2D eigenvalue weighted by atomic mass is 10.2. The average molecular weight is 255 g/mol. The van der Waals surface area contributed by atoms with E-state index in [9.17, 15) is 13.2 Å². The van der Waals surface area contributed by atoms with Gasteiger partial charge in [-0.2, -0.15) is 4.31 Å². The Morgan fingerprint density at radius 2 is 2.06 bits per heavy atom. The summed E-state index contributed by atoms with van der Waals surface area (Å²) in [6.07, 6.45) is 1.74. The summed E-state index contributed by atoms with van der Waals surface area (Å²) >= 11 is 0. The number of rotatable bonds is 4. The largest absolute Gasteiger partial charge is 0.478 e. The zero-order valence-electron chi connectivity index (χ0n) is 9.33. The maximum absolute atomic E-state index is 12.1. The van der Waals surface area contributed by atoms with Gasteiger partial charge in [0, 0.05) is 13.1 Å². The van der Waals surface area contributed by atoms with Gasteiger partial charge < -0.3 is 5.11 Å².